The number of hydrogen-bond donors (Lipinski definition) is 2. The minimum Gasteiger partial charge on any atom is -0.505 e. The van der Waals surface area contributed by atoms with E-state index in [2.05, 4.69) is 5.32 Å². The van der Waals surface area contributed by atoms with Crippen LogP contribution in [-0.4, -0.2) is 21.6 Å². The molecule has 0 amide bonds. The maximum Gasteiger partial charge on any atom is 0.269 e. The second-order valence-electron chi connectivity index (χ2n) is 7.11. The van der Waals surface area contributed by atoms with E-state index in [9.17, 15) is 24.8 Å². The van der Waals surface area contributed by atoms with Crippen LogP contribution in [0, 0.1) is 16.0 Å². The molecule has 1 aromatic rings. The summed E-state index contributed by atoms with van der Waals surface area (Å²) < 4.78 is 0. The van der Waals surface area contributed by atoms with E-state index < -0.39 is 16.5 Å². The van der Waals surface area contributed by atoms with Crippen LogP contribution in [0.5, 0.6) is 0 Å². The van der Waals surface area contributed by atoms with Gasteiger partial charge in [0.25, 0.3) is 5.69 Å². The van der Waals surface area contributed by atoms with E-state index in [1.165, 1.54) is 31.2 Å². The van der Waals surface area contributed by atoms with Crippen LogP contribution in [0.1, 0.15) is 40.5 Å². The van der Waals surface area contributed by atoms with Gasteiger partial charge in [0.1, 0.15) is 5.76 Å². The Labute approximate surface area is 163 Å². The lowest BCUT2D eigenvalue weighted by Gasteiger charge is -2.24. The monoisotopic (exact) mass is 384 g/mol. The molecule has 1 aliphatic carbocycles. The van der Waals surface area contributed by atoms with Crippen LogP contribution in [0.3, 0.4) is 0 Å². The van der Waals surface area contributed by atoms with Gasteiger partial charge in [-0.05, 0) is 51.7 Å². The first-order valence-electron chi connectivity index (χ1n) is 9.01. The predicted octanol–water partition coefficient (Wildman–Crippen LogP) is 4.63. The van der Waals surface area contributed by atoms with Crippen molar-refractivity contribution < 1.29 is 19.6 Å². The third-order valence-electron chi connectivity index (χ3n) is 4.65. The van der Waals surface area contributed by atoms with Crippen molar-refractivity contribution in [2.45, 2.75) is 40.5 Å². The van der Waals surface area contributed by atoms with Gasteiger partial charge >= 0.3 is 0 Å². The molecule has 0 fully saturated rings. The van der Waals surface area contributed by atoms with Gasteiger partial charge in [0.05, 0.1) is 16.2 Å². The molecule has 0 spiro atoms. The lowest BCUT2D eigenvalue weighted by molar-refractivity contribution is -0.384. The zero-order valence-corrected chi connectivity index (χ0v) is 16.4. The summed E-state index contributed by atoms with van der Waals surface area (Å²) in [5.74, 6) is -1.89. The fourth-order valence-electron chi connectivity index (χ4n) is 3.01. The van der Waals surface area contributed by atoms with Gasteiger partial charge in [0.2, 0.25) is 11.6 Å². The predicted molar refractivity (Wildman–Crippen MR) is 107 cm³/mol. The number of hydrogen-bond acceptors (Lipinski definition) is 6. The second kappa shape index (κ2) is 8.65. The molecule has 0 aliphatic heterocycles. The van der Waals surface area contributed by atoms with Crippen LogP contribution in [0.15, 0.2) is 58.5 Å². The molecule has 0 radical (unpaired) electrons. The first-order chi connectivity index (χ1) is 13.1. The highest BCUT2D eigenvalue weighted by atomic mass is 16.6. The Hall–Kier alpha value is -3.22. The van der Waals surface area contributed by atoms with Crippen LogP contribution in [-0.2, 0) is 9.59 Å². The molecule has 1 unspecified atom stereocenters. The minimum atomic E-state index is -0.686. The maximum absolute atomic E-state index is 12.5. The highest BCUT2D eigenvalue weighted by Gasteiger charge is 2.35. The number of aliphatic hydroxyl groups is 1. The molecule has 0 bridgehead atoms. The van der Waals surface area contributed by atoms with Crippen molar-refractivity contribution in [3.63, 3.8) is 0 Å². The SMILES string of the molecule is CC(C)=CCCC(C)C1=C(O)C(Nc2ccc([N+](=O)[O-])cc2)=C(C)C(=O)C1=O. The van der Waals surface area contributed by atoms with Crippen LogP contribution in [0.2, 0.25) is 0 Å². The molecule has 0 saturated heterocycles. The molecule has 2 N–H and O–H groups in total. The van der Waals surface area contributed by atoms with E-state index in [0.29, 0.717) is 12.1 Å². The molecule has 7 nitrogen and oxygen atoms in total. The van der Waals surface area contributed by atoms with Gasteiger partial charge in [0.15, 0.2) is 0 Å². The lowest BCUT2D eigenvalue weighted by Crippen LogP contribution is -2.30. The average molecular weight is 384 g/mol. The van der Waals surface area contributed by atoms with Gasteiger partial charge in [0, 0.05) is 23.4 Å². The number of aliphatic hydroxyl groups excluding tert-OH is 1. The largest absolute Gasteiger partial charge is 0.505 e. The summed E-state index contributed by atoms with van der Waals surface area (Å²) in [5, 5.41) is 24.4. The van der Waals surface area contributed by atoms with Crippen LogP contribution in [0.4, 0.5) is 11.4 Å². The minimum absolute atomic E-state index is 0.0699. The molecule has 1 aromatic carbocycles. The number of Topliss-reactive ketones (excluding diaryl/α,β-unsaturated/α-hetero) is 2. The normalized spacial score (nSPS) is 15.6. The number of non-ortho nitro benzene ring substituents is 1. The fraction of sp³-hybridized carbons (Fsp3) is 0.333. The molecule has 1 aliphatic rings. The number of carbonyl (C=O) groups excluding carboxylic acids is 2. The summed E-state index contributed by atoms with van der Waals surface area (Å²) in [6.45, 7) is 7.23. The Bertz CT molecular complexity index is 903. The van der Waals surface area contributed by atoms with E-state index in [4.69, 9.17) is 0 Å². The molecule has 2 rings (SSSR count). The zero-order valence-electron chi connectivity index (χ0n) is 16.4. The first-order valence-corrected chi connectivity index (χ1v) is 9.01. The number of ketones is 2. The molecule has 0 heterocycles. The van der Waals surface area contributed by atoms with Gasteiger partial charge in [-0.3, -0.25) is 19.7 Å². The smallest absolute Gasteiger partial charge is 0.269 e. The quantitative estimate of drug-likeness (QED) is 0.233. The second-order valence-corrected chi connectivity index (χ2v) is 7.11. The summed E-state index contributed by atoms with van der Waals surface area (Å²) >= 11 is 0. The summed E-state index contributed by atoms with van der Waals surface area (Å²) in [7, 11) is 0. The summed E-state index contributed by atoms with van der Waals surface area (Å²) in [5.41, 5.74) is 1.92. The Kier molecular flexibility index (Phi) is 6.51. The number of nitrogens with one attached hydrogen (secondary N) is 1. The van der Waals surface area contributed by atoms with Gasteiger partial charge < -0.3 is 10.4 Å². The van der Waals surface area contributed by atoms with Gasteiger partial charge in [-0.15, -0.1) is 0 Å². The number of nitrogens with zero attached hydrogens (tertiary/aromatic N) is 1. The van der Waals surface area contributed by atoms with Crippen LogP contribution in [0.25, 0.3) is 0 Å². The van der Waals surface area contributed by atoms with Crippen molar-refractivity contribution in [3.05, 3.63) is 68.6 Å². The van der Waals surface area contributed by atoms with Gasteiger partial charge in [-0.1, -0.05) is 18.6 Å². The highest BCUT2D eigenvalue weighted by molar-refractivity contribution is 6.50. The lowest BCUT2D eigenvalue weighted by atomic mass is 9.83. The third kappa shape index (κ3) is 4.54. The molecule has 1 atom stereocenters. The third-order valence-corrected chi connectivity index (χ3v) is 4.65. The van der Waals surface area contributed by atoms with Crippen molar-refractivity contribution in [3.8, 4) is 0 Å². The van der Waals surface area contributed by atoms with E-state index in [-0.39, 0.29) is 34.2 Å². The summed E-state index contributed by atoms with van der Waals surface area (Å²) in [6, 6.07) is 5.59. The van der Waals surface area contributed by atoms with Crippen LogP contribution >= 0.6 is 0 Å². The number of nitro groups is 1. The zero-order chi connectivity index (χ0) is 21.0. The standard InChI is InChI=1S/C21H24N2O5/c1-12(2)6-5-7-13(3)17-20(25)18(14(4)19(24)21(17)26)22-15-8-10-16(11-9-15)23(27)28/h6,8-11,13,22,25H,5,7H2,1-4H3. The van der Waals surface area contributed by atoms with Crippen molar-refractivity contribution >= 4 is 22.9 Å². The van der Waals surface area contributed by atoms with Crippen molar-refractivity contribution in [1.29, 1.82) is 0 Å². The molecule has 7 heteroatoms. The number of anilines is 1. The summed E-state index contributed by atoms with van der Waals surface area (Å²) in [6.07, 6.45) is 3.39. The van der Waals surface area contributed by atoms with E-state index in [0.717, 1.165) is 12.0 Å². The topological polar surface area (TPSA) is 110 Å². The van der Waals surface area contributed by atoms with Crippen molar-refractivity contribution in [2.24, 2.45) is 5.92 Å². The van der Waals surface area contributed by atoms with Gasteiger partial charge in [-0.25, -0.2) is 0 Å². The average Bonchev–Trinajstić information content (AvgIpc) is 2.63. The fourth-order valence-corrected chi connectivity index (χ4v) is 3.01. The molecule has 0 aromatic heterocycles. The number of carbonyl (C=O) groups is 2. The van der Waals surface area contributed by atoms with E-state index in [1.54, 1.807) is 6.92 Å². The van der Waals surface area contributed by atoms with Crippen LogP contribution < -0.4 is 5.32 Å². The Morgan fingerprint density at radius 2 is 1.82 bits per heavy atom. The van der Waals surface area contributed by atoms with Crippen molar-refractivity contribution in [2.75, 3.05) is 5.32 Å². The Balaban J connectivity index is 2.34. The first kappa shape index (κ1) is 21.1. The summed E-state index contributed by atoms with van der Waals surface area (Å²) in [4.78, 5) is 35.2. The Morgan fingerprint density at radius 3 is 2.36 bits per heavy atom. The van der Waals surface area contributed by atoms with Gasteiger partial charge in [-0.2, -0.15) is 0 Å². The molecular weight excluding hydrogens is 360 g/mol. The number of allylic oxidation sites excluding steroid dienone is 4. The maximum atomic E-state index is 12.5. The number of nitro benzene ring substituents is 1. The number of rotatable bonds is 7. The molecule has 148 valence electrons. The number of benzene rings is 1. The van der Waals surface area contributed by atoms with Crippen molar-refractivity contribution in [1.82, 2.24) is 0 Å². The Morgan fingerprint density at radius 1 is 1.21 bits per heavy atom. The highest BCUT2D eigenvalue weighted by Crippen LogP contribution is 2.32. The molecule has 0 saturated carbocycles. The molecular formula is C21H24N2O5. The van der Waals surface area contributed by atoms with E-state index >= 15 is 0 Å². The van der Waals surface area contributed by atoms with E-state index in [1.807, 2.05) is 19.9 Å². The molecule has 28 heavy (non-hydrogen) atoms.